The first kappa shape index (κ1) is 19.1. The van der Waals surface area contributed by atoms with Gasteiger partial charge < -0.3 is 4.74 Å². The van der Waals surface area contributed by atoms with Gasteiger partial charge in [0.25, 0.3) is 11.8 Å². The topological polar surface area (TPSA) is 90.0 Å². The number of carbonyl (C=O) groups is 2. The molecule has 0 fully saturated rings. The molecule has 0 aromatic heterocycles. The number of nitrogens with zero attached hydrogens (tertiary/aromatic N) is 1. The average molecular weight is 403 g/mol. The van der Waals surface area contributed by atoms with Crippen LogP contribution in [0, 0.1) is 0 Å². The van der Waals surface area contributed by atoms with Crippen LogP contribution in [0.2, 0.25) is 0 Å². The Labute approximate surface area is 151 Å². The lowest BCUT2D eigenvalue weighted by atomic mass is 9.94. The molecule has 1 aliphatic heterocycles. The van der Waals surface area contributed by atoms with Gasteiger partial charge in [-0.25, -0.2) is 0 Å². The minimum Gasteiger partial charge on any atom is -0.491 e. The van der Waals surface area contributed by atoms with Crippen molar-refractivity contribution in [2.45, 2.75) is 25.5 Å². The van der Waals surface area contributed by atoms with Gasteiger partial charge in [0.15, 0.2) is 0 Å². The van der Waals surface area contributed by atoms with Gasteiger partial charge in [-0.15, -0.1) is 9.35 Å². The molecule has 0 N–H and O–H groups in total. The number of halogens is 3. The first-order valence-electron chi connectivity index (χ1n) is 7.55. The Morgan fingerprint density at radius 2 is 1.67 bits per heavy atom. The van der Waals surface area contributed by atoms with Gasteiger partial charge >= 0.3 is 15.6 Å². The molecule has 0 unspecified atom stereocenters. The molecule has 1 aliphatic rings. The van der Waals surface area contributed by atoms with Crippen molar-refractivity contribution in [2.75, 3.05) is 0 Å². The van der Waals surface area contributed by atoms with E-state index < -0.39 is 32.5 Å². The largest absolute Gasteiger partial charge is 0.525 e. The summed E-state index contributed by atoms with van der Waals surface area (Å²) in [6.45, 7) is 3.45. The van der Waals surface area contributed by atoms with Crippen molar-refractivity contribution < 1.29 is 40.2 Å². The number of hydrogen-bond acceptors (Lipinski definition) is 6. The molecule has 3 rings (SSSR count). The third-order valence-electron chi connectivity index (χ3n) is 3.61. The monoisotopic (exact) mass is 403 g/mol. The number of amides is 2. The Morgan fingerprint density at radius 3 is 2.26 bits per heavy atom. The first-order valence-corrected chi connectivity index (χ1v) is 8.96. The normalized spacial score (nSPS) is 15.0. The Bertz CT molecular complexity index is 1060. The molecule has 7 nitrogen and oxygen atoms in total. The molecule has 144 valence electrons. The smallest absolute Gasteiger partial charge is 0.491 e. The van der Waals surface area contributed by atoms with Crippen LogP contribution >= 0.6 is 0 Å². The second-order valence-corrected chi connectivity index (χ2v) is 7.44. The van der Waals surface area contributed by atoms with E-state index in [1.54, 1.807) is 26.0 Å². The third kappa shape index (κ3) is 3.23. The molecular formula is C16H12F3NO6S. The molecule has 2 aromatic carbocycles. The highest BCUT2D eigenvalue weighted by atomic mass is 32.2. The summed E-state index contributed by atoms with van der Waals surface area (Å²) in [6, 6.07) is 7.05. The van der Waals surface area contributed by atoms with Crippen LogP contribution in [-0.4, -0.2) is 36.9 Å². The fourth-order valence-corrected chi connectivity index (χ4v) is 3.02. The van der Waals surface area contributed by atoms with Crippen molar-refractivity contribution in [1.29, 1.82) is 0 Å². The summed E-state index contributed by atoms with van der Waals surface area (Å²) in [5.74, 6) is -2.43. The van der Waals surface area contributed by atoms with E-state index in [9.17, 15) is 31.2 Å². The average Bonchev–Trinajstić information content (AvgIpc) is 2.54. The van der Waals surface area contributed by atoms with E-state index >= 15 is 0 Å². The van der Waals surface area contributed by atoms with Crippen LogP contribution in [0.4, 0.5) is 13.2 Å². The quantitative estimate of drug-likeness (QED) is 0.576. The van der Waals surface area contributed by atoms with Crippen LogP contribution in [0.15, 0.2) is 30.3 Å². The van der Waals surface area contributed by atoms with Gasteiger partial charge in [-0.05, 0) is 37.4 Å². The van der Waals surface area contributed by atoms with Gasteiger partial charge in [0.1, 0.15) is 5.75 Å². The van der Waals surface area contributed by atoms with Crippen LogP contribution in [0.1, 0.15) is 34.6 Å². The zero-order valence-electron chi connectivity index (χ0n) is 13.9. The Kier molecular flexibility index (Phi) is 4.39. The van der Waals surface area contributed by atoms with E-state index in [2.05, 4.69) is 4.28 Å². The van der Waals surface area contributed by atoms with Crippen LogP contribution in [-0.2, 0) is 14.4 Å². The minimum atomic E-state index is -6.21. The van der Waals surface area contributed by atoms with Crippen molar-refractivity contribution in [3.05, 3.63) is 41.5 Å². The number of hydrogen-bond donors (Lipinski definition) is 0. The summed E-state index contributed by atoms with van der Waals surface area (Å²) in [4.78, 5) is 24.9. The van der Waals surface area contributed by atoms with Crippen LogP contribution in [0.3, 0.4) is 0 Å². The maximum Gasteiger partial charge on any atom is 0.525 e. The zero-order valence-corrected chi connectivity index (χ0v) is 14.7. The molecular weight excluding hydrogens is 391 g/mol. The number of imide groups is 1. The molecule has 0 aliphatic carbocycles. The number of benzene rings is 2. The van der Waals surface area contributed by atoms with Gasteiger partial charge in [0.2, 0.25) is 0 Å². The Balaban J connectivity index is 2.16. The summed E-state index contributed by atoms with van der Waals surface area (Å²) in [5, 5.41) is 0.201. The zero-order chi connectivity index (χ0) is 20.1. The number of hydroxylamine groups is 2. The summed E-state index contributed by atoms with van der Waals surface area (Å²) >= 11 is 0. The first-order chi connectivity index (χ1) is 12.4. The fraction of sp³-hybridized carbons (Fsp3) is 0.250. The van der Waals surface area contributed by atoms with Gasteiger partial charge in [-0.1, -0.05) is 12.1 Å². The summed E-state index contributed by atoms with van der Waals surface area (Å²) < 4.78 is 69.6. The highest BCUT2D eigenvalue weighted by Crippen LogP contribution is 2.35. The molecule has 2 aromatic rings. The number of carbonyl (C=O) groups excluding carboxylic acids is 2. The fourth-order valence-electron chi connectivity index (χ4n) is 2.61. The Morgan fingerprint density at radius 1 is 1.04 bits per heavy atom. The lowest BCUT2D eigenvalue weighted by Crippen LogP contribution is -2.44. The van der Waals surface area contributed by atoms with E-state index in [-0.39, 0.29) is 28.4 Å². The lowest BCUT2D eigenvalue weighted by molar-refractivity contribution is -0.0761. The van der Waals surface area contributed by atoms with Gasteiger partial charge in [0, 0.05) is 5.39 Å². The van der Waals surface area contributed by atoms with E-state index in [0.717, 1.165) is 0 Å². The molecule has 2 amide bonds. The maximum absolute atomic E-state index is 12.6. The summed E-state index contributed by atoms with van der Waals surface area (Å²) in [7, 11) is -6.21. The molecule has 0 bridgehead atoms. The van der Waals surface area contributed by atoms with E-state index in [4.69, 9.17) is 4.74 Å². The third-order valence-corrected chi connectivity index (χ3v) is 4.52. The van der Waals surface area contributed by atoms with Crippen molar-refractivity contribution in [3.63, 3.8) is 0 Å². The van der Waals surface area contributed by atoms with Gasteiger partial charge in [-0.3, -0.25) is 9.59 Å². The number of rotatable bonds is 4. The van der Waals surface area contributed by atoms with Crippen molar-refractivity contribution in [2.24, 2.45) is 0 Å². The van der Waals surface area contributed by atoms with Crippen molar-refractivity contribution in [1.82, 2.24) is 5.06 Å². The van der Waals surface area contributed by atoms with Crippen LogP contribution in [0.25, 0.3) is 10.8 Å². The molecule has 0 spiro atoms. The molecule has 0 radical (unpaired) electrons. The molecule has 0 atom stereocenters. The van der Waals surface area contributed by atoms with Gasteiger partial charge in [-0.2, -0.15) is 21.6 Å². The second-order valence-electron chi connectivity index (χ2n) is 5.92. The summed E-state index contributed by atoms with van der Waals surface area (Å²) in [6.07, 6.45) is -0.267. The Hall–Kier alpha value is -2.66. The predicted octanol–water partition coefficient (Wildman–Crippen LogP) is 3.00. The maximum atomic E-state index is 12.6. The molecule has 0 saturated heterocycles. The van der Waals surface area contributed by atoms with Crippen molar-refractivity contribution >= 4 is 32.7 Å². The highest BCUT2D eigenvalue weighted by molar-refractivity contribution is 7.87. The highest BCUT2D eigenvalue weighted by Gasteiger charge is 2.51. The predicted molar refractivity (Wildman–Crippen MR) is 86.3 cm³/mol. The summed E-state index contributed by atoms with van der Waals surface area (Å²) in [5.41, 5.74) is -6.19. The molecule has 11 heteroatoms. The van der Waals surface area contributed by atoms with Crippen LogP contribution in [0.5, 0.6) is 5.75 Å². The number of alkyl halides is 3. The van der Waals surface area contributed by atoms with Crippen molar-refractivity contribution in [3.8, 4) is 5.75 Å². The van der Waals surface area contributed by atoms with E-state index in [0.29, 0.717) is 5.39 Å². The molecule has 27 heavy (non-hydrogen) atoms. The number of ether oxygens (including phenoxy) is 1. The molecule has 0 saturated carbocycles. The SMILES string of the molecule is CC(C)Oc1cc2c3c(cccc3c1)C(=O)N(OS(=O)(=O)C(F)(F)F)C2=O. The van der Waals surface area contributed by atoms with E-state index in [1.807, 2.05) is 0 Å². The van der Waals surface area contributed by atoms with Crippen LogP contribution < -0.4 is 4.74 Å². The minimum absolute atomic E-state index is 0.171. The second kappa shape index (κ2) is 6.20. The standard InChI is InChI=1S/C16H12F3NO6S/c1-8(2)25-10-6-9-4-3-5-11-13(9)12(7-10)15(22)20(14(11)21)26-27(23,24)16(17,18)19/h3-8H,1-2H3. The van der Waals surface area contributed by atoms with E-state index in [1.165, 1.54) is 18.2 Å². The van der Waals surface area contributed by atoms with Gasteiger partial charge in [0.05, 0.1) is 17.2 Å². The lowest BCUT2D eigenvalue weighted by Gasteiger charge is -2.26. The molecule has 1 heterocycles.